The molecule has 0 spiro atoms. The summed E-state index contributed by atoms with van der Waals surface area (Å²) in [4.78, 5) is 27.8. The lowest BCUT2D eigenvalue weighted by atomic mass is 9.97. The number of nitriles is 1. The van der Waals surface area contributed by atoms with Crippen LogP contribution in [0.4, 0.5) is 16.8 Å². The number of amides is 1. The van der Waals surface area contributed by atoms with E-state index in [1.165, 1.54) is 30.4 Å². The number of piperidine rings is 1. The van der Waals surface area contributed by atoms with E-state index in [1.54, 1.807) is 6.20 Å². The molecule has 1 amide bonds. The second kappa shape index (κ2) is 8.68. The van der Waals surface area contributed by atoms with E-state index < -0.39 is 5.91 Å². The minimum absolute atomic E-state index is 0.318. The fourth-order valence-electron chi connectivity index (χ4n) is 4.93. The molecule has 2 atom stereocenters. The van der Waals surface area contributed by atoms with Gasteiger partial charge in [-0.3, -0.25) is 14.7 Å². The molecular weight excluding hydrogens is 424 g/mol. The summed E-state index contributed by atoms with van der Waals surface area (Å²) < 4.78 is 0. The smallest absolute Gasteiger partial charge is 0.260 e. The lowest BCUT2D eigenvalue weighted by Crippen LogP contribution is -2.47. The number of carbonyl (C=O) groups excluding carboxylic acids is 1. The number of nitrogens with zero attached hydrogens (tertiary/aromatic N) is 5. The van der Waals surface area contributed by atoms with Crippen LogP contribution in [0.15, 0.2) is 30.6 Å². The Balaban J connectivity index is 1.37. The molecule has 2 saturated heterocycles. The van der Waals surface area contributed by atoms with Gasteiger partial charge in [-0.25, -0.2) is 9.97 Å². The topological polar surface area (TPSA) is 133 Å². The maximum atomic E-state index is 11.4. The van der Waals surface area contributed by atoms with E-state index in [4.69, 9.17) is 16.0 Å². The zero-order valence-electron chi connectivity index (χ0n) is 17.5. The van der Waals surface area contributed by atoms with Crippen molar-refractivity contribution in [1.82, 2.24) is 19.9 Å². The predicted molar refractivity (Wildman–Crippen MR) is 124 cm³/mol. The summed E-state index contributed by atoms with van der Waals surface area (Å²) in [7, 11) is 0. The Hall–Kier alpha value is -3.29. The summed E-state index contributed by atoms with van der Waals surface area (Å²) in [6.45, 7) is 0.865. The molecule has 2 aliphatic rings. The molecule has 164 valence electrons. The van der Waals surface area contributed by atoms with Crippen molar-refractivity contribution in [2.45, 2.75) is 50.2 Å². The van der Waals surface area contributed by atoms with E-state index in [0.717, 1.165) is 36.1 Å². The zero-order valence-corrected chi connectivity index (χ0v) is 18.3. The third kappa shape index (κ3) is 4.09. The van der Waals surface area contributed by atoms with Crippen LogP contribution in [0.2, 0.25) is 0 Å². The molecule has 0 radical (unpaired) electrons. The predicted octanol–water partition coefficient (Wildman–Crippen LogP) is 3.25. The maximum absolute atomic E-state index is 11.4. The average molecular weight is 449 g/mol. The van der Waals surface area contributed by atoms with Crippen molar-refractivity contribution in [2.75, 3.05) is 17.2 Å². The van der Waals surface area contributed by atoms with E-state index in [0.29, 0.717) is 40.4 Å². The number of fused-ring (bicyclic) bond motifs is 3. The maximum Gasteiger partial charge on any atom is 0.260 e. The first-order valence-corrected chi connectivity index (χ1v) is 11.6. The monoisotopic (exact) mass is 448 g/mol. The fourth-order valence-corrected chi connectivity index (χ4v) is 5.61. The Morgan fingerprint density at radius 3 is 2.84 bits per heavy atom. The Kier molecular flexibility index (Phi) is 5.59. The van der Waals surface area contributed by atoms with E-state index >= 15 is 0 Å². The molecule has 10 heteroatoms. The molecule has 5 rings (SSSR count). The molecule has 0 aliphatic carbocycles. The van der Waals surface area contributed by atoms with Crippen molar-refractivity contribution in [3.8, 4) is 6.07 Å². The van der Waals surface area contributed by atoms with Crippen LogP contribution in [0.5, 0.6) is 0 Å². The number of primary amides is 1. The van der Waals surface area contributed by atoms with Crippen LogP contribution in [0.1, 0.15) is 41.8 Å². The van der Waals surface area contributed by atoms with Crippen molar-refractivity contribution >= 4 is 44.9 Å². The molecule has 32 heavy (non-hydrogen) atoms. The molecule has 3 aromatic heterocycles. The first-order chi connectivity index (χ1) is 15.6. The Morgan fingerprint density at radius 1 is 1.31 bits per heavy atom. The second-order valence-corrected chi connectivity index (χ2v) is 9.32. The van der Waals surface area contributed by atoms with Crippen LogP contribution in [-0.4, -0.2) is 50.4 Å². The van der Waals surface area contributed by atoms with Gasteiger partial charge in [0.05, 0.1) is 17.8 Å². The van der Waals surface area contributed by atoms with E-state index in [2.05, 4.69) is 31.6 Å². The standard InChI is InChI=1S/C22H24N8OS/c23-6-2-8-30-14-4-5-15(30)10-13(9-14)27-21-16-3-1-7-25-17(16)11-19(28-21)29-22-26-12-18(32-22)20(24)31/h1,3,7,11-15H,2,4-5,8-10H2,(H2,24,31)(H2,26,27,28,29). The zero-order chi connectivity index (χ0) is 22.1. The van der Waals surface area contributed by atoms with Gasteiger partial charge in [0, 0.05) is 48.7 Å². The number of nitrogens with one attached hydrogen (secondary N) is 2. The summed E-state index contributed by atoms with van der Waals surface area (Å²) in [6, 6.07) is 9.45. The van der Waals surface area contributed by atoms with E-state index in [-0.39, 0.29) is 0 Å². The third-order valence-corrected chi connectivity index (χ3v) is 7.22. The summed E-state index contributed by atoms with van der Waals surface area (Å²) in [5.41, 5.74) is 6.16. The van der Waals surface area contributed by atoms with Gasteiger partial charge in [-0.15, -0.1) is 0 Å². The lowest BCUT2D eigenvalue weighted by molar-refractivity contribution is 0.100. The fraction of sp³-hybridized carbons (Fsp3) is 0.409. The number of pyridine rings is 2. The lowest BCUT2D eigenvalue weighted by Gasteiger charge is -2.39. The molecule has 0 aromatic carbocycles. The number of anilines is 3. The van der Waals surface area contributed by atoms with Gasteiger partial charge in [-0.1, -0.05) is 11.3 Å². The molecular formula is C22H24N8OS. The van der Waals surface area contributed by atoms with Gasteiger partial charge in [-0.05, 0) is 37.8 Å². The number of aromatic nitrogens is 3. The van der Waals surface area contributed by atoms with Gasteiger partial charge in [0.1, 0.15) is 16.5 Å². The number of hydrogen-bond acceptors (Lipinski definition) is 9. The van der Waals surface area contributed by atoms with Gasteiger partial charge >= 0.3 is 0 Å². The van der Waals surface area contributed by atoms with Gasteiger partial charge in [-0.2, -0.15) is 5.26 Å². The second-order valence-electron chi connectivity index (χ2n) is 8.29. The van der Waals surface area contributed by atoms with Crippen molar-refractivity contribution in [3.05, 3.63) is 35.5 Å². The minimum Gasteiger partial charge on any atom is -0.367 e. The first-order valence-electron chi connectivity index (χ1n) is 10.8. The third-order valence-electron chi connectivity index (χ3n) is 6.29. The van der Waals surface area contributed by atoms with Crippen LogP contribution < -0.4 is 16.4 Å². The molecule has 2 fully saturated rings. The largest absolute Gasteiger partial charge is 0.367 e. The van der Waals surface area contributed by atoms with Gasteiger partial charge in [0.2, 0.25) is 0 Å². The van der Waals surface area contributed by atoms with Crippen LogP contribution in [0.3, 0.4) is 0 Å². The van der Waals surface area contributed by atoms with Crippen molar-refractivity contribution in [3.63, 3.8) is 0 Å². The highest BCUT2D eigenvalue weighted by molar-refractivity contribution is 7.17. The van der Waals surface area contributed by atoms with Crippen LogP contribution in [0.25, 0.3) is 10.9 Å². The average Bonchev–Trinajstić information content (AvgIpc) is 3.34. The molecule has 2 unspecified atom stereocenters. The SMILES string of the molecule is N#CCCN1C2CCC1CC(Nc1nc(Nc3ncc(C(N)=O)s3)cc3ncccc13)C2. The summed E-state index contributed by atoms with van der Waals surface area (Å²) in [5.74, 6) is 0.903. The molecule has 0 saturated carbocycles. The van der Waals surface area contributed by atoms with Crippen LogP contribution >= 0.6 is 11.3 Å². The van der Waals surface area contributed by atoms with Gasteiger partial charge in [0.15, 0.2) is 5.13 Å². The minimum atomic E-state index is -0.498. The molecule has 5 heterocycles. The molecule has 2 bridgehead atoms. The van der Waals surface area contributed by atoms with Crippen molar-refractivity contribution < 1.29 is 4.79 Å². The Bertz CT molecular complexity index is 1170. The molecule has 3 aromatic rings. The highest BCUT2D eigenvalue weighted by Gasteiger charge is 2.40. The summed E-state index contributed by atoms with van der Waals surface area (Å²) >= 11 is 1.19. The number of thiazole rings is 1. The van der Waals surface area contributed by atoms with Crippen LogP contribution in [-0.2, 0) is 0 Å². The highest BCUT2D eigenvalue weighted by atomic mass is 32.1. The van der Waals surface area contributed by atoms with Crippen molar-refractivity contribution in [1.29, 1.82) is 5.26 Å². The van der Waals surface area contributed by atoms with Gasteiger partial charge < -0.3 is 16.4 Å². The number of carbonyl (C=O) groups is 1. The summed E-state index contributed by atoms with van der Waals surface area (Å²) in [5, 5.41) is 17.3. The first kappa shape index (κ1) is 20.6. The van der Waals surface area contributed by atoms with Crippen LogP contribution in [0, 0.1) is 11.3 Å². The molecule has 2 aliphatic heterocycles. The number of rotatable bonds is 7. The molecule has 4 N–H and O–H groups in total. The normalized spacial score (nSPS) is 22.5. The summed E-state index contributed by atoms with van der Waals surface area (Å²) in [6.07, 6.45) is 8.28. The number of hydrogen-bond donors (Lipinski definition) is 3. The quantitative estimate of drug-likeness (QED) is 0.502. The van der Waals surface area contributed by atoms with Gasteiger partial charge in [0.25, 0.3) is 5.91 Å². The van der Waals surface area contributed by atoms with E-state index in [1.807, 2.05) is 18.2 Å². The molecule has 9 nitrogen and oxygen atoms in total. The van der Waals surface area contributed by atoms with Crippen molar-refractivity contribution in [2.24, 2.45) is 5.73 Å². The highest BCUT2D eigenvalue weighted by Crippen LogP contribution is 2.37. The number of nitrogens with two attached hydrogens (primary N) is 1. The Morgan fingerprint density at radius 2 is 2.12 bits per heavy atom. The van der Waals surface area contributed by atoms with E-state index in [9.17, 15) is 4.79 Å². The Labute approximate surface area is 189 Å².